The predicted molar refractivity (Wildman–Crippen MR) is 103 cm³/mol. The van der Waals surface area contributed by atoms with Crippen LogP contribution in [0.15, 0.2) is 9.67 Å². The Kier molecular flexibility index (Phi) is 13.8. The van der Waals surface area contributed by atoms with Gasteiger partial charge in [0.1, 0.15) is 0 Å². The van der Waals surface area contributed by atoms with Crippen molar-refractivity contribution in [3.8, 4) is 0 Å². The molecule has 0 saturated heterocycles. The van der Waals surface area contributed by atoms with Gasteiger partial charge in [-0.25, -0.2) is 0 Å². The van der Waals surface area contributed by atoms with Crippen LogP contribution >= 0.6 is 0 Å². The number of ketones is 1. The van der Waals surface area contributed by atoms with Crippen molar-refractivity contribution in [2.45, 2.75) is 106 Å². The van der Waals surface area contributed by atoms with Gasteiger partial charge in [0.05, 0.1) is 0 Å². The Morgan fingerprint density at radius 2 is 1.27 bits per heavy atom. The minimum absolute atomic E-state index is 0.354. The second kappa shape index (κ2) is 13.6. The number of carbonyl (C=O) groups excluding carboxylic acids is 1. The van der Waals surface area contributed by atoms with Gasteiger partial charge in [-0.2, -0.15) is 0 Å². The molecule has 0 fully saturated rings. The van der Waals surface area contributed by atoms with Crippen LogP contribution in [0.4, 0.5) is 0 Å². The van der Waals surface area contributed by atoms with E-state index in [1.807, 2.05) is 3.59 Å². The van der Waals surface area contributed by atoms with E-state index in [1.165, 1.54) is 44.9 Å². The van der Waals surface area contributed by atoms with Gasteiger partial charge in [0.2, 0.25) is 0 Å². The molecule has 2 heteroatoms. The van der Waals surface area contributed by atoms with E-state index in [-0.39, 0.29) is 0 Å². The monoisotopic (exact) mass is 416 g/mol. The van der Waals surface area contributed by atoms with E-state index in [9.17, 15) is 4.79 Å². The topological polar surface area (TPSA) is 17.1 Å². The van der Waals surface area contributed by atoms with Crippen molar-refractivity contribution in [2.75, 3.05) is 0 Å². The van der Waals surface area contributed by atoms with Crippen molar-refractivity contribution in [1.82, 2.24) is 0 Å². The quantitative estimate of drug-likeness (QED) is 0.277. The molecule has 0 radical (unpaired) electrons. The van der Waals surface area contributed by atoms with Gasteiger partial charge in [-0.1, -0.05) is 0 Å². The van der Waals surface area contributed by atoms with Gasteiger partial charge >= 0.3 is 144 Å². The summed E-state index contributed by atoms with van der Waals surface area (Å²) in [5, 5.41) is 0. The average Bonchev–Trinajstić information content (AvgIpc) is 2.51. The van der Waals surface area contributed by atoms with Crippen molar-refractivity contribution < 1.29 is 4.79 Å². The summed E-state index contributed by atoms with van der Waals surface area (Å²) in [6.45, 7) is 11.0. The second-order valence-electron chi connectivity index (χ2n) is 6.96. The van der Waals surface area contributed by atoms with Crippen LogP contribution in [0.25, 0.3) is 0 Å². The van der Waals surface area contributed by atoms with Crippen molar-refractivity contribution in [3.05, 3.63) is 9.67 Å². The first-order chi connectivity index (χ1) is 10.6. The molecule has 0 unspecified atom stereocenters. The van der Waals surface area contributed by atoms with Crippen LogP contribution in [-0.2, 0) is 4.79 Å². The van der Waals surface area contributed by atoms with Crippen LogP contribution in [-0.4, -0.2) is 24.2 Å². The molecule has 0 atom stereocenters. The molecule has 0 amide bonds. The van der Waals surface area contributed by atoms with Crippen LogP contribution in [0.3, 0.4) is 0 Å². The minimum atomic E-state index is -2.19. The molecule has 0 N–H and O–H groups in total. The Balaban J connectivity index is 5.09. The van der Waals surface area contributed by atoms with Gasteiger partial charge < -0.3 is 0 Å². The number of rotatable bonds is 14. The fourth-order valence-corrected chi connectivity index (χ4v) is 21.1. The molecule has 130 valence electrons. The van der Waals surface area contributed by atoms with Crippen LogP contribution in [0, 0.1) is 0 Å². The molecule has 0 aromatic heterocycles. The van der Waals surface area contributed by atoms with Crippen LogP contribution < -0.4 is 0 Å². The summed E-state index contributed by atoms with van der Waals surface area (Å²) in [5.74, 6) is 0.354. The number of unbranched alkanes of at least 4 members (excludes halogenated alkanes) is 3. The van der Waals surface area contributed by atoms with E-state index in [0.717, 1.165) is 12.8 Å². The number of allylic oxidation sites excluding steroid dienone is 2. The Labute approximate surface area is 144 Å². The van der Waals surface area contributed by atoms with E-state index in [2.05, 4.69) is 33.8 Å². The first-order valence-electron chi connectivity index (χ1n) is 9.71. The van der Waals surface area contributed by atoms with E-state index < -0.39 is 18.4 Å². The maximum absolute atomic E-state index is 11.3. The van der Waals surface area contributed by atoms with Crippen LogP contribution in [0.1, 0.15) is 92.4 Å². The molecule has 0 bridgehead atoms. The molecule has 0 saturated carbocycles. The van der Waals surface area contributed by atoms with Gasteiger partial charge in [-0.15, -0.1) is 0 Å². The number of hydrogen-bond donors (Lipinski definition) is 0. The summed E-state index contributed by atoms with van der Waals surface area (Å²) >= 11 is -2.19. The average molecular weight is 415 g/mol. The fraction of sp³-hybridized carbons (Fsp3) is 0.850. The van der Waals surface area contributed by atoms with Crippen molar-refractivity contribution in [1.29, 1.82) is 0 Å². The molecule has 0 aliphatic heterocycles. The van der Waals surface area contributed by atoms with E-state index in [0.29, 0.717) is 5.78 Å². The van der Waals surface area contributed by atoms with Gasteiger partial charge in [0, 0.05) is 0 Å². The molecule has 0 aromatic rings. The van der Waals surface area contributed by atoms with Crippen molar-refractivity contribution in [2.24, 2.45) is 0 Å². The molecule has 0 aromatic carbocycles. The Hall–Kier alpha value is 0.209. The van der Waals surface area contributed by atoms with Gasteiger partial charge in [-0.3, -0.25) is 0 Å². The third-order valence-electron chi connectivity index (χ3n) is 5.03. The van der Waals surface area contributed by atoms with Gasteiger partial charge in [-0.05, 0) is 0 Å². The van der Waals surface area contributed by atoms with Gasteiger partial charge in [0.25, 0.3) is 0 Å². The van der Waals surface area contributed by atoms with E-state index >= 15 is 0 Å². The summed E-state index contributed by atoms with van der Waals surface area (Å²) < 4.78 is 6.49. The summed E-state index contributed by atoms with van der Waals surface area (Å²) in [4.78, 5) is 11.3. The summed E-state index contributed by atoms with van der Waals surface area (Å²) in [5.41, 5.74) is 0. The first-order valence-corrected chi connectivity index (χ1v) is 17.2. The summed E-state index contributed by atoms with van der Waals surface area (Å²) in [6, 6.07) is 0. The molecular formula is C20H40OSn. The van der Waals surface area contributed by atoms with E-state index in [4.69, 9.17) is 0 Å². The standard InChI is InChI=1S/C8H13O.3C4H9.Sn/c1-3-4-5-6-7-8(2)9;3*1-3-4-2;/h3H,5-7H2,1-2H3;3*1,3-4H2,2H3;. The number of Topliss-reactive ketones (excluding diaryl/α,β-unsaturated/α-hetero) is 1. The Bertz CT molecular complexity index is 298. The second-order valence-corrected chi connectivity index (χ2v) is 20.4. The van der Waals surface area contributed by atoms with Crippen LogP contribution in [0.2, 0.25) is 13.3 Å². The zero-order valence-corrected chi connectivity index (χ0v) is 18.8. The molecule has 0 rings (SSSR count). The molecule has 0 aliphatic carbocycles. The van der Waals surface area contributed by atoms with Crippen molar-refractivity contribution in [3.63, 3.8) is 0 Å². The fourth-order valence-electron chi connectivity index (χ4n) is 3.65. The van der Waals surface area contributed by atoms with Crippen LogP contribution in [0.5, 0.6) is 0 Å². The first kappa shape index (κ1) is 22.2. The normalized spacial score (nSPS) is 12.7. The third-order valence-corrected chi connectivity index (χ3v) is 21.7. The molecule has 0 heterocycles. The summed E-state index contributed by atoms with van der Waals surface area (Å²) in [6.07, 6.45) is 13.8. The summed E-state index contributed by atoms with van der Waals surface area (Å²) in [7, 11) is 0. The number of hydrogen-bond acceptors (Lipinski definition) is 1. The Morgan fingerprint density at radius 1 is 0.818 bits per heavy atom. The van der Waals surface area contributed by atoms with Gasteiger partial charge in [0.15, 0.2) is 0 Å². The third kappa shape index (κ3) is 8.74. The Morgan fingerprint density at radius 3 is 1.59 bits per heavy atom. The SMILES string of the molecule is C/C=[C](/CCCC(C)=O)[Sn]([CH2]CCC)([CH2]CCC)[CH2]CCC. The molecule has 0 aliphatic rings. The molecular weight excluding hydrogens is 375 g/mol. The molecule has 22 heavy (non-hydrogen) atoms. The zero-order valence-electron chi connectivity index (χ0n) is 16.0. The maximum atomic E-state index is 11.3. The van der Waals surface area contributed by atoms with E-state index in [1.54, 1.807) is 20.2 Å². The van der Waals surface area contributed by atoms with Crippen molar-refractivity contribution >= 4 is 24.2 Å². The molecule has 1 nitrogen and oxygen atoms in total. The predicted octanol–water partition coefficient (Wildman–Crippen LogP) is 7.08. The molecule has 0 spiro atoms. The zero-order chi connectivity index (χ0) is 16.8. The number of carbonyl (C=O) groups is 1.